The molecule has 3 heteroatoms. The molecule has 0 saturated carbocycles. The molecular formula is C13H27N3. The van der Waals surface area contributed by atoms with E-state index in [1.54, 1.807) is 0 Å². The third-order valence-corrected chi connectivity index (χ3v) is 2.46. The van der Waals surface area contributed by atoms with Crippen molar-refractivity contribution in [2.45, 2.75) is 53.1 Å². The molecule has 0 aliphatic heterocycles. The minimum Gasteiger partial charge on any atom is -0.300 e. The second-order valence-corrected chi connectivity index (χ2v) is 5.46. The van der Waals surface area contributed by atoms with Gasteiger partial charge in [-0.2, -0.15) is 5.26 Å². The SMILES string of the molecule is CCN(CC(C)C)CC(C)(C#N)NC(C)C. The number of nitrogens with zero attached hydrogens (tertiary/aromatic N) is 2. The molecule has 0 aliphatic rings. The first-order valence-corrected chi connectivity index (χ1v) is 6.24. The first-order chi connectivity index (χ1) is 7.33. The van der Waals surface area contributed by atoms with Gasteiger partial charge in [0.2, 0.25) is 0 Å². The molecule has 0 radical (unpaired) electrons. The molecular weight excluding hydrogens is 198 g/mol. The molecule has 16 heavy (non-hydrogen) atoms. The summed E-state index contributed by atoms with van der Waals surface area (Å²) in [5, 5.41) is 12.6. The van der Waals surface area contributed by atoms with Gasteiger partial charge in [0.05, 0.1) is 6.07 Å². The van der Waals surface area contributed by atoms with E-state index in [0.717, 1.165) is 19.6 Å². The Morgan fingerprint density at radius 1 is 1.31 bits per heavy atom. The Bertz CT molecular complexity index is 230. The van der Waals surface area contributed by atoms with E-state index in [2.05, 4.69) is 50.9 Å². The fourth-order valence-corrected chi connectivity index (χ4v) is 2.02. The Kier molecular flexibility index (Phi) is 6.62. The molecule has 0 aromatic rings. The van der Waals surface area contributed by atoms with Crippen LogP contribution in [0.4, 0.5) is 0 Å². The lowest BCUT2D eigenvalue weighted by Crippen LogP contribution is -2.53. The van der Waals surface area contributed by atoms with Crippen LogP contribution in [-0.4, -0.2) is 36.1 Å². The van der Waals surface area contributed by atoms with Crippen LogP contribution in [0.15, 0.2) is 0 Å². The lowest BCUT2D eigenvalue weighted by atomic mass is 10.0. The maximum absolute atomic E-state index is 9.27. The van der Waals surface area contributed by atoms with Crippen molar-refractivity contribution in [3.05, 3.63) is 0 Å². The van der Waals surface area contributed by atoms with Gasteiger partial charge in [-0.05, 0) is 33.2 Å². The van der Waals surface area contributed by atoms with Gasteiger partial charge in [-0.15, -0.1) is 0 Å². The van der Waals surface area contributed by atoms with Gasteiger partial charge in [0.25, 0.3) is 0 Å². The van der Waals surface area contributed by atoms with Crippen molar-refractivity contribution in [3.8, 4) is 6.07 Å². The zero-order valence-electron chi connectivity index (χ0n) is 11.7. The topological polar surface area (TPSA) is 39.1 Å². The van der Waals surface area contributed by atoms with Crippen LogP contribution in [0.25, 0.3) is 0 Å². The molecule has 1 unspecified atom stereocenters. The van der Waals surface area contributed by atoms with Gasteiger partial charge in [0.1, 0.15) is 5.54 Å². The number of hydrogen-bond donors (Lipinski definition) is 1. The fourth-order valence-electron chi connectivity index (χ4n) is 2.02. The Hall–Kier alpha value is -0.590. The highest BCUT2D eigenvalue weighted by molar-refractivity contribution is 5.06. The third kappa shape index (κ3) is 6.09. The van der Waals surface area contributed by atoms with Crippen LogP contribution in [0.5, 0.6) is 0 Å². The Balaban J connectivity index is 4.43. The smallest absolute Gasteiger partial charge is 0.116 e. The molecule has 0 spiro atoms. The number of nitriles is 1. The summed E-state index contributed by atoms with van der Waals surface area (Å²) in [6, 6.07) is 2.73. The van der Waals surface area contributed by atoms with Crippen LogP contribution in [0, 0.1) is 17.2 Å². The number of hydrogen-bond acceptors (Lipinski definition) is 3. The van der Waals surface area contributed by atoms with Crippen LogP contribution in [-0.2, 0) is 0 Å². The fraction of sp³-hybridized carbons (Fsp3) is 0.923. The molecule has 0 heterocycles. The van der Waals surface area contributed by atoms with E-state index in [1.807, 2.05) is 6.92 Å². The average molecular weight is 225 g/mol. The average Bonchev–Trinajstić information content (AvgIpc) is 2.14. The van der Waals surface area contributed by atoms with Crippen LogP contribution < -0.4 is 5.32 Å². The minimum absolute atomic E-state index is 0.336. The van der Waals surface area contributed by atoms with Gasteiger partial charge >= 0.3 is 0 Å². The monoisotopic (exact) mass is 225 g/mol. The molecule has 0 aliphatic carbocycles. The highest BCUT2D eigenvalue weighted by Gasteiger charge is 2.27. The van der Waals surface area contributed by atoms with Crippen LogP contribution >= 0.6 is 0 Å². The molecule has 0 aromatic heterocycles. The summed E-state index contributed by atoms with van der Waals surface area (Å²) in [5.41, 5.74) is -0.445. The highest BCUT2D eigenvalue weighted by Crippen LogP contribution is 2.09. The first-order valence-electron chi connectivity index (χ1n) is 6.24. The van der Waals surface area contributed by atoms with Crippen molar-refractivity contribution in [1.82, 2.24) is 10.2 Å². The summed E-state index contributed by atoms with van der Waals surface area (Å²) < 4.78 is 0. The molecule has 3 nitrogen and oxygen atoms in total. The van der Waals surface area contributed by atoms with Gasteiger partial charge in [0.15, 0.2) is 0 Å². The van der Waals surface area contributed by atoms with E-state index in [4.69, 9.17) is 0 Å². The lowest BCUT2D eigenvalue weighted by Gasteiger charge is -2.33. The van der Waals surface area contributed by atoms with E-state index in [-0.39, 0.29) is 0 Å². The molecule has 0 bridgehead atoms. The standard InChI is InChI=1S/C13H27N3/c1-7-16(8-11(2)3)10-13(6,9-14)15-12(4)5/h11-12,15H,7-8,10H2,1-6H3. The van der Waals surface area contributed by atoms with E-state index in [1.165, 1.54) is 0 Å². The summed E-state index contributed by atoms with van der Waals surface area (Å²) in [7, 11) is 0. The summed E-state index contributed by atoms with van der Waals surface area (Å²) in [6.45, 7) is 15.5. The van der Waals surface area contributed by atoms with E-state index < -0.39 is 5.54 Å². The van der Waals surface area contributed by atoms with Gasteiger partial charge in [-0.25, -0.2) is 0 Å². The summed E-state index contributed by atoms with van der Waals surface area (Å²) in [4.78, 5) is 2.34. The number of rotatable bonds is 7. The number of nitrogens with one attached hydrogen (secondary N) is 1. The minimum atomic E-state index is -0.445. The molecule has 1 N–H and O–H groups in total. The zero-order valence-corrected chi connectivity index (χ0v) is 11.7. The predicted octanol–water partition coefficient (Wildman–Crippen LogP) is 2.24. The van der Waals surface area contributed by atoms with Gasteiger partial charge in [0, 0.05) is 19.1 Å². The van der Waals surface area contributed by atoms with Crippen LogP contribution in [0.3, 0.4) is 0 Å². The van der Waals surface area contributed by atoms with Crippen molar-refractivity contribution < 1.29 is 0 Å². The maximum Gasteiger partial charge on any atom is 0.116 e. The molecule has 0 aromatic carbocycles. The molecule has 94 valence electrons. The highest BCUT2D eigenvalue weighted by atomic mass is 15.2. The first kappa shape index (κ1) is 15.4. The van der Waals surface area contributed by atoms with Crippen LogP contribution in [0.2, 0.25) is 0 Å². The zero-order chi connectivity index (χ0) is 12.8. The maximum atomic E-state index is 9.27. The second kappa shape index (κ2) is 6.88. The van der Waals surface area contributed by atoms with E-state index in [9.17, 15) is 5.26 Å². The van der Waals surface area contributed by atoms with Crippen molar-refractivity contribution in [2.75, 3.05) is 19.6 Å². The van der Waals surface area contributed by atoms with E-state index in [0.29, 0.717) is 12.0 Å². The second-order valence-electron chi connectivity index (χ2n) is 5.46. The lowest BCUT2D eigenvalue weighted by molar-refractivity contribution is 0.202. The predicted molar refractivity (Wildman–Crippen MR) is 69.2 cm³/mol. The number of likely N-dealkylation sites (N-methyl/N-ethyl adjacent to an activating group) is 1. The van der Waals surface area contributed by atoms with Gasteiger partial charge in [-0.3, -0.25) is 5.32 Å². The largest absolute Gasteiger partial charge is 0.300 e. The molecule has 0 saturated heterocycles. The third-order valence-electron chi connectivity index (χ3n) is 2.46. The Morgan fingerprint density at radius 3 is 2.19 bits per heavy atom. The van der Waals surface area contributed by atoms with Crippen molar-refractivity contribution >= 4 is 0 Å². The Morgan fingerprint density at radius 2 is 1.88 bits per heavy atom. The van der Waals surface area contributed by atoms with Gasteiger partial charge in [-0.1, -0.05) is 20.8 Å². The van der Waals surface area contributed by atoms with Crippen molar-refractivity contribution in [2.24, 2.45) is 5.92 Å². The summed E-state index contributed by atoms with van der Waals surface area (Å²) >= 11 is 0. The Labute approximate surface area is 101 Å². The molecule has 0 amide bonds. The van der Waals surface area contributed by atoms with Crippen molar-refractivity contribution in [3.63, 3.8) is 0 Å². The summed E-state index contributed by atoms with van der Waals surface area (Å²) in [5.74, 6) is 0.641. The van der Waals surface area contributed by atoms with E-state index >= 15 is 0 Å². The molecule has 0 rings (SSSR count). The molecule has 1 atom stereocenters. The quantitative estimate of drug-likeness (QED) is 0.722. The van der Waals surface area contributed by atoms with Crippen molar-refractivity contribution in [1.29, 1.82) is 5.26 Å². The normalized spacial score (nSPS) is 15.5. The van der Waals surface area contributed by atoms with Gasteiger partial charge < -0.3 is 4.90 Å². The van der Waals surface area contributed by atoms with Crippen LogP contribution in [0.1, 0.15) is 41.5 Å². The summed E-state index contributed by atoms with van der Waals surface area (Å²) in [6.07, 6.45) is 0. The molecule has 0 fully saturated rings.